The van der Waals surface area contributed by atoms with Crippen LogP contribution >= 0.6 is 11.8 Å². The third-order valence-electron chi connectivity index (χ3n) is 7.43. The molecule has 0 atom stereocenters. The van der Waals surface area contributed by atoms with Crippen LogP contribution in [0.25, 0.3) is 11.3 Å². The largest absolute Gasteiger partial charge is 0.325 e. The number of thioether (sulfide) groups is 1. The van der Waals surface area contributed by atoms with E-state index in [2.05, 4.69) is 30.4 Å². The van der Waals surface area contributed by atoms with Crippen molar-refractivity contribution in [2.45, 2.75) is 75.9 Å². The molecule has 1 saturated carbocycles. The van der Waals surface area contributed by atoms with Gasteiger partial charge in [-0.2, -0.15) is 0 Å². The Morgan fingerprint density at radius 1 is 1.11 bits per heavy atom. The highest BCUT2D eigenvalue weighted by atomic mass is 32.2. The molecule has 2 aliphatic rings. The van der Waals surface area contributed by atoms with Crippen molar-refractivity contribution >= 4 is 23.4 Å². The molecule has 1 heterocycles. The number of rotatable bonds is 7. The number of hydrogen-bond acceptors (Lipinski definition) is 4. The Kier molecular flexibility index (Phi) is 6.83. The second kappa shape index (κ2) is 10.0. The van der Waals surface area contributed by atoms with Crippen LogP contribution in [0.2, 0.25) is 0 Å². The van der Waals surface area contributed by atoms with Gasteiger partial charge >= 0.3 is 0 Å². The third kappa shape index (κ3) is 4.68. The molecule has 35 heavy (non-hydrogen) atoms. The summed E-state index contributed by atoms with van der Waals surface area (Å²) in [5.41, 5.74) is 6.04. The average molecular weight is 488 g/mol. The van der Waals surface area contributed by atoms with Crippen molar-refractivity contribution in [3.05, 3.63) is 75.6 Å². The lowest BCUT2D eigenvalue weighted by Gasteiger charge is -2.36. The van der Waals surface area contributed by atoms with Crippen LogP contribution in [0.5, 0.6) is 0 Å². The van der Waals surface area contributed by atoms with Gasteiger partial charge in [-0.15, -0.1) is 0 Å². The van der Waals surface area contributed by atoms with Crippen LogP contribution in [-0.2, 0) is 23.2 Å². The van der Waals surface area contributed by atoms with E-state index in [0.717, 1.165) is 73.0 Å². The molecule has 1 spiro atoms. The Labute approximate surface area is 211 Å². The van der Waals surface area contributed by atoms with Crippen molar-refractivity contribution in [3.8, 4) is 11.3 Å². The lowest BCUT2D eigenvalue weighted by atomic mass is 9.68. The molecule has 1 amide bonds. The molecule has 6 heteroatoms. The zero-order valence-electron chi connectivity index (χ0n) is 20.6. The van der Waals surface area contributed by atoms with Crippen molar-refractivity contribution in [3.63, 3.8) is 0 Å². The predicted molar refractivity (Wildman–Crippen MR) is 143 cm³/mol. The number of aryl methyl sites for hydroxylation is 1. The molecule has 0 saturated heterocycles. The van der Waals surface area contributed by atoms with Crippen LogP contribution < -0.4 is 10.9 Å². The number of carbonyl (C=O) groups is 1. The second-order valence-corrected chi connectivity index (χ2v) is 10.9. The molecule has 0 aliphatic heterocycles. The number of aromatic nitrogens is 2. The quantitative estimate of drug-likeness (QED) is 0.322. The van der Waals surface area contributed by atoms with Gasteiger partial charge in [0.25, 0.3) is 5.56 Å². The van der Waals surface area contributed by atoms with Gasteiger partial charge in [0.15, 0.2) is 5.16 Å². The minimum atomic E-state index is -0.103. The number of nitrogens with zero attached hydrogens (tertiary/aromatic N) is 2. The van der Waals surface area contributed by atoms with Crippen molar-refractivity contribution in [1.29, 1.82) is 0 Å². The van der Waals surface area contributed by atoms with Crippen LogP contribution in [-0.4, -0.2) is 21.2 Å². The molecule has 1 fully saturated rings. The Bertz CT molecular complexity index is 1290. The second-order valence-electron chi connectivity index (χ2n) is 9.95. The van der Waals surface area contributed by atoms with Crippen molar-refractivity contribution < 1.29 is 4.79 Å². The summed E-state index contributed by atoms with van der Waals surface area (Å²) in [6, 6.07) is 16.2. The Morgan fingerprint density at radius 2 is 1.86 bits per heavy atom. The fourth-order valence-corrected chi connectivity index (χ4v) is 6.45. The Morgan fingerprint density at radius 3 is 2.60 bits per heavy atom. The topological polar surface area (TPSA) is 64.0 Å². The molecule has 2 aromatic carbocycles. The predicted octanol–water partition coefficient (Wildman–Crippen LogP) is 6.12. The molecule has 3 aromatic rings. The highest BCUT2D eigenvalue weighted by Crippen LogP contribution is 2.49. The first-order valence-corrected chi connectivity index (χ1v) is 13.7. The SMILES string of the molecule is CCCCn1c(SCC(=O)Nc2ccc(C)cc2)nc2c(c1=O)C1(CCCC1)Cc1ccccc1-2. The smallest absolute Gasteiger partial charge is 0.258 e. The lowest BCUT2D eigenvalue weighted by Crippen LogP contribution is -2.40. The summed E-state index contributed by atoms with van der Waals surface area (Å²) in [6.07, 6.45) is 7.24. The fourth-order valence-electron chi connectivity index (χ4n) is 5.63. The van der Waals surface area contributed by atoms with E-state index < -0.39 is 0 Å². The van der Waals surface area contributed by atoms with E-state index in [9.17, 15) is 9.59 Å². The zero-order valence-corrected chi connectivity index (χ0v) is 21.4. The van der Waals surface area contributed by atoms with Crippen LogP contribution in [0.15, 0.2) is 58.5 Å². The van der Waals surface area contributed by atoms with E-state index in [1.165, 1.54) is 17.3 Å². The van der Waals surface area contributed by atoms with Gasteiger partial charge in [0.05, 0.1) is 17.0 Å². The van der Waals surface area contributed by atoms with E-state index in [1.807, 2.05) is 41.8 Å². The molecule has 5 nitrogen and oxygen atoms in total. The maximum atomic E-state index is 14.1. The van der Waals surface area contributed by atoms with E-state index in [1.54, 1.807) is 0 Å². The third-order valence-corrected chi connectivity index (χ3v) is 8.41. The maximum absolute atomic E-state index is 14.1. The summed E-state index contributed by atoms with van der Waals surface area (Å²) in [5.74, 6) is 0.110. The molecule has 0 radical (unpaired) electrons. The van der Waals surface area contributed by atoms with Crippen molar-refractivity contribution in [1.82, 2.24) is 9.55 Å². The van der Waals surface area contributed by atoms with Crippen LogP contribution in [0, 0.1) is 6.92 Å². The molecule has 1 N–H and O–H groups in total. The van der Waals surface area contributed by atoms with E-state index in [0.29, 0.717) is 11.7 Å². The Balaban J connectivity index is 1.51. The minimum absolute atomic E-state index is 0.0967. The van der Waals surface area contributed by atoms with Gasteiger partial charge in [0, 0.05) is 23.2 Å². The molecular weight excluding hydrogens is 454 g/mol. The highest BCUT2D eigenvalue weighted by Gasteiger charge is 2.44. The Hall–Kier alpha value is -2.86. The number of amides is 1. The molecule has 1 aromatic heterocycles. The van der Waals surface area contributed by atoms with E-state index in [4.69, 9.17) is 4.98 Å². The molecule has 2 aliphatic carbocycles. The van der Waals surface area contributed by atoms with Crippen molar-refractivity contribution in [2.75, 3.05) is 11.1 Å². The van der Waals surface area contributed by atoms with Gasteiger partial charge in [-0.1, -0.05) is 79.9 Å². The van der Waals surface area contributed by atoms with Crippen molar-refractivity contribution in [2.24, 2.45) is 0 Å². The van der Waals surface area contributed by atoms with E-state index >= 15 is 0 Å². The first kappa shape index (κ1) is 23.9. The summed E-state index contributed by atoms with van der Waals surface area (Å²) in [6.45, 7) is 4.79. The number of nitrogens with one attached hydrogen (secondary N) is 1. The van der Waals surface area contributed by atoms with Gasteiger partial charge in [0.2, 0.25) is 5.91 Å². The number of benzene rings is 2. The van der Waals surface area contributed by atoms with Gasteiger partial charge in [-0.05, 0) is 50.3 Å². The number of unbranched alkanes of at least 4 members (excludes halogenated alkanes) is 1. The van der Waals surface area contributed by atoms with E-state index in [-0.39, 0.29) is 22.6 Å². The summed E-state index contributed by atoms with van der Waals surface area (Å²) in [4.78, 5) is 31.9. The highest BCUT2D eigenvalue weighted by molar-refractivity contribution is 7.99. The monoisotopic (exact) mass is 487 g/mol. The molecular formula is C29H33N3O2S. The standard InChI is InChI=1S/C29H33N3O2S/c1-3-4-17-32-27(34)25-26(23-10-6-5-9-21(23)18-29(25)15-7-8-16-29)31-28(32)35-19-24(33)30-22-13-11-20(2)12-14-22/h5-6,9-14H,3-4,7-8,15-19H2,1-2H3,(H,30,33). The first-order valence-electron chi connectivity index (χ1n) is 12.7. The number of anilines is 1. The number of carbonyl (C=O) groups excluding carboxylic acids is 1. The zero-order chi connectivity index (χ0) is 24.4. The normalized spacial score (nSPS) is 15.6. The number of fused-ring (bicyclic) bond motifs is 4. The molecule has 0 unspecified atom stereocenters. The average Bonchev–Trinajstić information content (AvgIpc) is 3.32. The maximum Gasteiger partial charge on any atom is 0.258 e. The first-order chi connectivity index (χ1) is 17.0. The summed E-state index contributed by atoms with van der Waals surface area (Å²) in [5, 5.41) is 3.60. The molecule has 0 bridgehead atoms. The molecule has 5 rings (SSSR count). The lowest BCUT2D eigenvalue weighted by molar-refractivity contribution is -0.113. The summed E-state index contributed by atoms with van der Waals surface area (Å²) in [7, 11) is 0. The van der Waals surface area contributed by atoms with Crippen LogP contribution in [0.3, 0.4) is 0 Å². The number of hydrogen-bond donors (Lipinski definition) is 1. The van der Waals surface area contributed by atoms with Crippen LogP contribution in [0.1, 0.15) is 62.1 Å². The van der Waals surface area contributed by atoms with Crippen LogP contribution in [0.4, 0.5) is 5.69 Å². The van der Waals surface area contributed by atoms with Gasteiger partial charge < -0.3 is 5.32 Å². The van der Waals surface area contributed by atoms with Gasteiger partial charge in [-0.3, -0.25) is 14.2 Å². The van der Waals surface area contributed by atoms with Gasteiger partial charge in [-0.25, -0.2) is 4.98 Å². The van der Waals surface area contributed by atoms with Gasteiger partial charge in [0.1, 0.15) is 0 Å². The summed E-state index contributed by atoms with van der Waals surface area (Å²) >= 11 is 1.36. The summed E-state index contributed by atoms with van der Waals surface area (Å²) < 4.78 is 1.85. The molecule has 182 valence electrons. The fraction of sp³-hybridized carbons (Fsp3) is 0.414. The minimum Gasteiger partial charge on any atom is -0.325 e.